The Bertz CT molecular complexity index is 230. The van der Waals surface area contributed by atoms with Crippen molar-refractivity contribution in [2.75, 3.05) is 0 Å². The third-order valence-electron chi connectivity index (χ3n) is 4.21. The van der Waals surface area contributed by atoms with Gasteiger partial charge in [-0.15, -0.1) is 0 Å². The van der Waals surface area contributed by atoms with E-state index >= 15 is 0 Å². The Kier molecular flexibility index (Phi) is 6.22. The van der Waals surface area contributed by atoms with E-state index in [0.29, 0.717) is 17.1 Å². The predicted molar refractivity (Wildman–Crippen MR) is 74.1 cm³/mol. The summed E-state index contributed by atoms with van der Waals surface area (Å²) in [6.07, 6.45) is 12.2. The predicted octanol–water partition coefficient (Wildman–Crippen LogP) is 5.13. The number of carbonyl (C=O) groups excluding carboxylic acids is 1. The highest BCUT2D eigenvalue weighted by molar-refractivity contribution is 5.81. The summed E-state index contributed by atoms with van der Waals surface area (Å²) >= 11 is 0. The first-order valence-electron chi connectivity index (χ1n) is 7.58. The fraction of sp³-hybridized carbons (Fsp3) is 0.938. The van der Waals surface area contributed by atoms with E-state index in [1.807, 2.05) is 0 Å². The maximum Gasteiger partial charge on any atom is 0.136 e. The summed E-state index contributed by atoms with van der Waals surface area (Å²) < 4.78 is 0. The molecule has 0 aliphatic heterocycles. The summed E-state index contributed by atoms with van der Waals surface area (Å²) in [5.74, 6) is 0.919. The van der Waals surface area contributed by atoms with E-state index < -0.39 is 0 Å². The summed E-state index contributed by atoms with van der Waals surface area (Å²) in [4.78, 5) is 11.8. The molecule has 1 unspecified atom stereocenters. The molecule has 1 rings (SSSR count). The number of rotatable bonds is 7. The van der Waals surface area contributed by atoms with Gasteiger partial charge in [-0.2, -0.15) is 0 Å². The molecule has 0 spiro atoms. The lowest BCUT2D eigenvalue weighted by atomic mass is 9.70. The summed E-state index contributed by atoms with van der Waals surface area (Å²) in [6.45, 7) is 6.88. The topological polar surface area (TPSA) is 17.1 Å². The molecule has 1 fully saturated rings. The Labute approximate surface area is 107 Å². The molecule has 1 aliphatic carbocycles. The Balaban J connectivity index is 2.14. The Morgan fingerprint density at radius 3 is 2.47 bits per heavy atom. The summed E-state index contributed by atoms with van der Waals surface area (Å²) in [5, 5.41) is 0. The molecule has 0 bridgehead atoms. The third-order valence-corrected chi connectivity index (χ3v) is 4.21. The van der Waals surface area contributed by atoms with Gasteiger partial charge in [0.05, 0.1) is 0 Å². The smallest absolute Gasteiger partial charge is 0.136 e. The van der Waals surface area contributed by atoms with Crippen molar-refractivity contribution in [3.8, 4) is 0 Å². The van der Waals surface area contributed by atoms with Crippen LogP contribution in [0.3, 0.4) is 0 Å². The van der Waals surface area contributed by atoms with Gasteiger partial charge < -0.3 is 0 Å². The molecular weight excluding hydrogens is 208 g/mol. The quantitative estimate of drug-likeness (QED) is 0.562. The van der Waals surface area contributed by atoms with Gasteiger partial charge in [-0.3, -0.25) is 4.79 Å². The molecular formula is C16H30O. The number of hydrogen-bond donors (Lipinski definition) is 0. The van der Waals surface area contributed by atoms with E-state index in [9.17, 15) is 4.79 Å². The van der Waals surface area contributed by atoms with E-state index in [1.165, 1.54) is 38.5 Å². The average molecular weight is 238 g/mol. The number of carbonyl (C=O) groups is 1. The fourth-order valence-corrected chi connectivity index (χ4v) is 2.98. The number of hydrogen-bond acceptors (Lipinski definition) is 1. The van der Waals surface area contributed by atoms with Crippen molar-refractivity contribution in [2.24, 2.45) is 11.3 Å². The summed E-state index contributed by atoms with van der Waals surface area (Å²) in [5.41, 5.74) is 0.404. The fourth-order valence-electron chi connectivity index (χ4n) is 2.98. The van der Waals surface area contributed by atoms with Gasteiger partial charge in [-0.25, -0.2) is 0 Å². The first-order chi connectivity index (χ1) is 8.05. The monoisotopic (exact) mass is 238 g/mol. The molecule has 1 heteroatoms. The van der Waals surface area contributed by atoms with Crippen molar-refractivity contribution >= 4 is 5.78 Å². The Morgan fingerprint density at radius 1 is 1.12 bits per heavy atom. The summed E-state index contributed by atoms with van der Waals surface area (Å²) in [7, 11) is 0. The lowest BCUT2D eigenvalue weighted by Gasteiger charge is -2.34. The molecule has 0 aromatic rings. The molecule has 1 saturated carbocycles. The van der Waals surface area contributed by atoms with Gasteiger partial charge in [0, 0.05) is 12.3 Å². The summed E-state index contributed by atoms with van der Waals surface area (Å²) in [6, 6.07) is 0. The van der Waals surface area contributed by atoms with Gasteiger partial charge in [-0.05, 0) is 24.7 Å². The normalized spacial score (nSPS) is 23.9. The van der Waals surface area contributed by atoms with Gasteiger partial charge in [0.1, 0.15) is 5.78 Å². The molecule has 1 atom stereocenters. The third kappa shape index (κ3) is 5.70. The molecule has 0 heterocycles. The van der Waals surface area contributed by atoms with Gasteiger partial charge in [0.25, 0.3) is 0 Å². The van der Waals surface area contributed by atoms with Crippen LogP contribution in [-0.2, 0) is 4.79 Å². The van der Waals surface area contributed by atoms with Crippen molar-refractivity contribution in [2.45, 2.75) is 85.0 Å². The molecule has 0 aromatic carbocycles. The molecule has 100 valence electrons. The molecule has 0 amide bonds. The second-order valence-corrected chi connectivity index (χ2v) is 6.59. The highest BCUT2D eigenvalue weighted by Gasteiger charge is 2.32. The van der Waals surface area contributed by atoms with Crippen molar-refractivity contribution in [3.05, 3.63) is 0 Å². The molecule has 1 nitrogen and oxygen atoms in total. The lowest BCUT2D eigenvalue weighted by molar-refractivity contribution is -0.127. The van der Waals surface area contributed by atoms with Crippen LogP contribution < -0.4 is 0 Å². The van der Waals surface area contributed by atoms with Crippen molar-refractivity contribution in [1.29, 1.82) is 0 Å². The van der Waals surface area contributed by atoms with E-state index in [-0.39, 0.29) is 0 Å². The number of Topliss-reactive ketones (excluding diaryl/α,β-unsaturated/α-hetero) is 1. The Hall–Kier alpha value is -0.330. The minimum Gasteiger partial charge on any atom is -0.299 e. The van der Waals surface area contributed by atoms with Crippen LogP contribution in [-0.4, -0.2) is 5.78 Å². The second-order valence-electron chi connectivity index (χ2n) is 6.59. The van der Waals surface area contributed by atoms with Crippen LogP contribution in [0.5, 0.6) is 0 Å². The first-order valence-corrected chi connectivity index (χ1v) is 7.58. The molecule has 1 aliphatic rings. The maximum absolute atomic E-state index is 11.8. The van der Waals surface area contributed by atoms with E-state index in [1.54, 1.807) is 0 Å². The van der Waals surface area contributed by atoms with Gasteiger partial charge >= 0.3 is 0 Å². The molecule has 0 radical (unpaired) electrons. The molecule has 0 saturated heterocycles. The lowest BCUT2D eigenvalue weighted by Crippen LogP contribution is -2.29. The largest absolute Gasteiger partial charge is 0.299 e. The van der Waals surface area contributed by atoms with Crippen LogP contribution in [0.15, 0.2) is 0 Å². The van der Waals surface area contributed by atoms with Crippen LogP contribution in [0, 0.1) is 11.3 Å². The van der Waals surface area contributed by atoms with Crippen molar-refractivity contribution in [1.82, 2.24) is 0 Å². The standard InChI is InChI=1S/C16H30O/c1-4-5-6-7-8-9-10-14-13-16(2,3)12-11-15(14)17/h14H,4-13H2,1-3H3. The number of unbranched alkanes of at least 4 members (excludes halogenated alkanes) is 5. The SMILES string of the molecule is CCCCCCCCC1CC(C)(C)CCC1=O. The highest BCUT2D eigenvalue weighted by atomic mass is 16.1. The van der Waals surface area contributed by atoms with Gasteiger partial charge in [0.15, 0.2) is 0 Å². The minimum absolute atomic E-state index is 0.380. The van der Waals surface area contributed by atoms with Crippen LogP contribution >= 0.6 is 0 Å². The molecule has 0 N–H and O–H groups in total. The maximum atomic E-state index is 11.8. The molecule has 17 heavy (non-hydrogen) atoms. The minimum atomic E-state index is 0.380. The number of ketones is 1. The Morgan fingerprint density at radius 2 is 1.76 bits per heavy atom. The van der Waals surface area contributed by atoms with E-state index in [0.717, 1.165) is 25.7 Å². The highest BCUT2D eigenvalue weighted by Crippen LogP contribution is 2.38. The first kappa shape index (κ1) is 14.7. The van der Waals surface area contributed by atoms with Crippen LogP contribution in [0.4, 0.5) is 0 Å². The van der Waals surface area contributed by atoms with E-state index in [4.69, 9.17) is 0 Å². The van der Waals surface area contributed by atoms with Crippen LogP contribution in [0.2, 0.25) is 0 Å². The second kappa shape index (κ2) is 7.18. The molecule has 0 aromatic heterocycles. The average Bonchev–Trinajstić information content (AvgIpc) is 2.28. The zero-order valence-corrected chi connectivity index (χ0v) is 12.1. The van der Waals surface area contributed by atoms with Crippen LogP contribution in [0.1, 0.15) is 85.0 Å². The van der Waals surface area contributed by atoms with Gasteiger partial charge in [0.2, 0.25) is 0 Å². The zero-order chi connectivity index (χ0) is 12.7. The van der Waals surface area contributed by atoms with E-state index in [2.05, 4.69) is 20.8 Å². The zero-order valence-electron chi connectivity index (χ0n) is 12.1. The van der Waals surface area contributed by atoms with Crippen molar-refractivity contribution in [3.63, 3.8) is 0 Å². The van der Waals surface area contributed by atoms with Crippen molar-refractivity contribution < 1.29 is 4.79 Å². The van der Waals surface area contributed by atoms with Crippen LogP contribution in [0.25, 0.3) is 0 Å². The van der Waals surface area contributed by atoms with Gasteiger partial charge in [-0.1, -0.05) is 59.3 Å².